The van der Waals surface area contributed by atoms with Crippen LogP contribution in [0.3, 0.4) is 0 Å². The summed E-state index contributed by atoms with van der Waals surface area (Å²) in [6.07, 6.45) is 0.833. The van der Waals surface area contributed by atoms with Crippen LogP contribution in [-0.4, -0.2) is 24.2 Å². The Morgan fingerprint density at radius 3 is 2.79 bits per heavy atom. The molecule has 2 rings (SSSR count). The molecule has 0 aliphatic carbocycles. The van der Waals surface area contributed by atoms with Crippen LogP contribution in [0.2, 0.25) is 0 Å². The average molecular weight is 267 g/mol. The van der Waals surface area contributed by atoms with Crippen LogP contribution in [0.25, 0.3) is 0 Å². The number of rotatable bonds is 4. The third-order valence-corrected chi connectivity index (χ3v) is 3.31. The second-order valence-corrected chi connectivity index (χ2v) is 5.20. The lowest BCUT2D eigenvalue weighted by Gasteiger charge is -2.09. The van der Waals surface area contributed by atoms with Gasteiger partial charge in [-0.25, -0.2) is 9.78 Å². The molecule has 2 unspecified atom stereocenters. The van der Waals surface area contributed by atoms with E-state index in [0.717, 1.165) is 6.42 Å². The molecule has 5 heteroatoms. The van der Waals surface area contributed by atoms with Crippen LogP contribution in [0.1, 0.15) is 68.3 Å². The molecule has 0 radical (unpaired) electrons. The third-order valence-electron chi connectivity index (χ3n) is 3.31. The monoisotopic (exact) mass is 267 g/mol. The maximum atomic E-state index is 11.9. The van der Waals surface area contributed by atoms with Crippen molar-refractivity contribution in [2.24, 2.45) is 5.92 Å². The number of ether oxygens (including phenoxy) is 2. The first-order chi connectivity index (χ1) is 9.04. The van der Waals surface area contributed by atoms with Gasteiger partial charge in [-0.15, -0.1) is 0 Å². The van der Waals surface area contributed by atoms with Crippen molar-refractivity contribution in [2.45, 2.75) is 46.1 Å². The van der Waals surface area contributed by atoms with Gasteiger partial charge in [-0.3, -0.25) is 0 Å². The van der Waals surface area contributed by atoms with Crippen LogP contribution >= 0.6 is 0 Å². The number of hydrogen-bond donors (Lipinski definition) is 0. The maximum absolute atomic E-state index is 11.9. The number of esters is 1. The molecule has 0 amide bonds. The number of nitrogens with zero attached hydrogens (tertiary/aromatic N) is 1. The van der Waals surface area contributed by atoms with E-state index in [-0.39, 0.29) is 17.8 Å². The van der Waals surface area contributed by atoms with Crippen LogP contribution in [0.4, 0.5) is 0 Å². The van der Waals surface area contributed by atoms with Crippen molar-refractivity contribution in [3.63, 3.8) is 0 Å². The summed E-state index contributed by atoms with van der Waals surface area (Å²) in [6.45, 7) is 8.85. The summed E-state index contributed by atoms with van der Waals surface area (Å²) >= 11 is 0. The fourth-order valence-electron chi connectivity index (χ4n) is 2.22. The Balaban J connectivity index is 2.32. The van der Waals surface area contributed by atoms with Gasteiger partial charge in [0.05, 0.1) is 12.3 Å². The normalized spacial score (nSPS) is 23.0. The predicted molar refractivity (Wildman–Crippen MR) is 69.0 cm³/mol. The van der Waals surface area contributed by atoms with Crippen molar-refractivity contribution < 1.29 is 18.7 Å². The molecule has 106 valence electrons. The molecule has 2 heterocycles. The number of hydrogen-bond acceptors (Lipinski definition) is 5. The van der Waals surface area contributed by atoms with Gasteiger partial charge < -0.3 is 13.9 Å². The van der Waals surface area contributed by atoms with E-state index in [2.05, 4.69) is 11.9 Å². The molecule has 1 aliphatic heterocycles. The Morgan fingerprint density at radius 1 is 1.53 bits per heavy atom. The SMILES string of the molecule is CCOC(=O)c1oc(C2OCCC2C)nc1C(C)C. The summed E-state index contributed by atoms with van der Waals surface area (Å²) in [5.74, 6) is 0.726. The molecule has 1 aromatic heterocycles. The van der Waals surface area contributed by atoms with E-state index in [4.69, 9.17) is 13.9 Å². The maximum Gasteiger partial charge on any atom is 0.376 e. The Hall–Kier alpha value is -1.36. The summed E-state index contributed by atoms with van der Waals surface area (Å²) in [6, 6.07) is 0. The molecule has 0 saturated carbocycles. The lowest BCUT2D eigenvalue weighted by Crippen LogP contribution is -2.07. The van der Waals surface area contributed by atoms with Crippen molar-refractivity contribution in [1.82, 2.24) is 4.98 Å². The predicted octanol–water partition coefficient (Wildman–Crippen LogP) is 3.07. The average Bonchev–Trinajstić information content (AvgIpc) is 2.94. The van der Waals surface area contributed by atoms with Gasteiger partial charge in [0.25, 0.3) is 0 Å². The van der Waals surface area contributed by atoms with Crippen molar-refractivity contribution in [3.05, 3.63) is 17.3 Å². The Labute approximate surface area is 113 Å². The quantitative estimate of drug-likeness (QED) is 0.784. The minimum absolute atomic E-state index is 0.105. The van der Waals surface area contributed by atoms with Crippen LogP contribution in [-0.2, 0) is 9.47 Å². The summed E-state index contributed by atoms with van der Waals surface area (Å²) in [4.78, 5) is 16.3. The largest absolute Gasteiger partial charge is 0.460 e. The molecule has 1 saturated heterocycles. The van der Waals surface area contributed by atoms with Gasteiger partial charge >= 0.3 is 5.97 Å². The lowest BCUT2D eigenvalue weighted by atomic mass is 10.0. The van der Waals surface area contributed by atoms with E-state index in [9.17, 15) is 4.79 Å². The highest BCUT2D eigenvalue weighted by Gasteiger charge is 2.33. The molecular weight excluding hydrogens is 246 g/mol. The Kier molecular flexibility index (Phi) is 4.24. The van der Waals surface area contributed by atoms with Crippen LogP contribution < -0.4 is 0 Å². The van der Waals surface area contributed by atoms with E-state index >= 15 is 0 Å². The number of carbonyl (C=O) groups excluding carboxylic acids is 1. The van der Waals surface area contributed by atoms with Crippen LogP contribution in [0.5, 0.6) is 0 Å². The number of carbonyl (C=O) groups is 1. The minimum Gasteiger partial charge on any atom is -0.460 e. The molecular formula is C14H21NO4. The highest BCUT2D eigenvalue weighted by Crippen LogP contribution is 2.35. The van der Waals surface area contributed by atoms with Gasteiger partial charge in [0.1, 0.15) is 6.10 Å². The van der Waals surface area contributed by atoms with E-state index in [1.165, 1.54) is 0 Å². The van der Waals surface area contributed by atoms with Crippen LogP contribution in [0.15, 0.2) is 4.42 Å². The van der Waals surface area contributed by atoms with Gasteiger partial charge in [0, 0.05) is 6.61 Å². The molecule has 1 aromatic rings. The van der Waals surface area contributed by atoms with Crippen molar-refractivity contribution >= 4 is 5.97 Å². The third kappa shape index (κ3) is 2.81. The molecule has 2 atom stereocenters. The van der Waals surface area contributed by atoms with Gasteiger partial charge in [0.15, 0.2) is 0 Å². The topological polar surface area (TPSA) is 61.6 Å². The molecule has 19 heavy (non-hydrogen) atoms. The van der Waals surface area contributed by atoms with E-state index in [1.54, 1.807) is 6.92 Å². The first-order valence-corrected chi connectivity index (χ1v) is 6.83. The first-order valence-electron chi connectivity index (χ1n) is 6.83. The van der Waals surface area contributed by atoms with E-state index in [1.807, 2.05) is 13.8 Å². The molecule has 0 bridgehead atoms. The smallest absolute Gasteiger partial charge is 0.376 e. The molecule has 5 nitrogen and oxygen atoms in total. The first kappa shape index (κ1) is 14.1. The lowest BCUT2D eigenvalue weighted by molar-refractivity contribution is 0.0456. The Morgan fingerprint density at radius 2 is 2.26 bits per heavy atom. The Bertz CT molecular complexity index is 452. The molecule has 0 N–H and O–H groups in total. The highest BCUT2D eigenvalue weighted by atomic mass is 16.5. The number of oxazole rings is 1. The summed E-state index contributed by atoms with van der Waals surface area (Å²) in [5.41, 5.74) is 0.649. The molecule has 1 aliphatic rings. The standard InChI is InChI=1S/C14H21NO4/c1-5-17-14(16)12-10(8(2)3)15-13(19-12)11-9(4)6-7-18-11/h8-9,11H,5-7H2,1-4H3. The van der Waals surface area contributed by atoms with Crippen molar-refractivity contribution in [1.29, 1.82) is 0 Å². The summed E-state index contributed by atoms with van der Waals surface area (Å²) < 4.78 is 16.3. The van der Waals surface area contributed by atoms with Gasteiger partial charge in [-0.2, -0.15) is 0 Å². The van der Waals surface area contributed by atoms with Crippen LogP contribution in [0, 0.1) is 5.92 Å². The molecule has 0 aromatic carbocycles. The van der Waals surface area contributed by atoms with Gasteiger partial charge in [0.2, 0.25) is 11.7 Å². The zero-order chi connectivity index (χ0) is 14.0. The minimum atomic E-state index is -0.449. The molecule has 0 spiro atoms. The van der Waals surface area contributed by atoms with E-state index in [0.29, 0.717) is 30.7 Å². The fraction of sp³-hybridized carbons (Fsp3) is 0.714. The second kappa shape index (κ2) is 5.74. The van der Waals surface area contributed by atoms with Crippen molar-refractivity contribution in [3.8, 4) is 0 Å². The zero-order valence-corrected chi connectivity index (χ0v) is 11.9. The second-order valence-electron chi connectivity index (χ2n) is 5.20. The zero-order valence-electron chi connectivity index (χ0n) is 11.9. The van der Waals surface area contributed by atoms with Gasteiger partial charge in [-0.1, -0.05) is 20.8 Å². The van der Waals surface area contributed by atoms with E-state index < -0.39 is 5.97 Å². The van der Waals surface area contributed by atoms with Crippen molar-refractivity contribution in [2.75, 3.05) is 13.2 Å². The molecule has 1 fully saturated rings. The highest BCUT2D eigenvalue weighted by molar-refractivity contribution is 5.87. The fourth-order valence-corrected chi connectivity index (χ4v) is 2.22. The number of aromatic nitrogens is 1. The van der Waals surface area contributed by atoms with Gasteiger partial charge in [-0.05, 0) is 25.2 Å². The summed E-state index contributed by atoms with van der Waals surface area (Å²) in [7, 11) is 0. The summed E-state index contributed by atoms with van der Waals surface area (Å²) in [5, 5.41) is 0.